The summed E-state index contributed by atoms with van der Waals surface area (Å²) in [5, 5.41) is 2.26. The smallest absolute Gasteiger partial charge is 0.343 e. The van der Waals surface area contributed by atoms with Crippen LogP contribution < -0.4 is 9.47 Å². The second-order valence-corrected chi connectivity index (χ2v) is 8.34. The summed E-state index contributed by atoms with van der Waals surface area (Å²) in [5.41, 5.74) is 3.02. The van der Waals surface area contributed by atoms with Crippen LogP contribution in [0.2, 0.25) is 0 Å². The van der Waals surface area contributed by atoms with Crippen LogP contribution in [0, 0.1) is 0 Å². The molecule has 0 bridgehead atoms. The minimum atomic E-state index is -0.454. The Morgan fingerprint density at radius 3 is 2.09 bits per heavy atom. The van der Waals surface area contributed by atoms with Crippen LogP contribution >= 0.6 is 0 Å². The molecule has 0 heterocycles. The number of ether oxygens (including phenoxy) is 2. The van der Waals surface area contributed by atoms with Gasteiger partial charge in [0.2, 0.25) is 0 Å². The molecule has 0 aliphatic rings. The average Bonchev–Trinajstić information content (AvgIpc) is 2.91. The maximum Gasteiger partial charge on any atom is 0.343 e. The SMILES string of the molecule is C=CC(=O)c1ccc(OC(=O)c2ccc(-c3ccc4cc(OCCCCC)ccc4c3)cc2)cc1. The number of carbonyl (C=O) groups is 2. The zero-order valence-corrected chi connectivity index (χ0v) is 19.8. The van der Waals surface area contributed by atoms with Crippen LogP contribution in [0.25, 0.3) is 21.9 Å². The Bertz CT molecular complexity index is 1340. The van der Waals surface area contributed by atoms with E-state index in [2.05, 4.69) is 43.8 Å². The third-order valence-corrected chi connectivity index (χ3v) is 5.82. The van der Waals surface area contributed by atoms with E-state index in [0.717, 1.165) is 40.7 Å². The molecule has 0 radical (unpaired) electrons. The van der Waals surface area contributed by atoms with Crippen molar-refractivity contribution < 1.29 is 19.1 Å². The standard InChI is InChI=1S/C31H28O4/c1-3-5-6-19-34-29-18-15-26-20-25(11-12-27(26)21-29)22-7-9-24(10-8-22)31(33)35-28-16-13-23(14-17-28)30(32)4-2/h4,7-18,20-21H,2-3,5-6,19H2,1H3. The minimum absolute atomic E-state index is 0.177. The first-order chi connectivity index (χ1) is 17.1. The molecule has 0 saturated carbocycles. The molecule has 0 aromatic heterocycles. The summed E-state index contributed by atoms with van der Waals surface area (Å²) in [4.78, 5) is 24.2. The predicted molar refractivity (Wildman–Crippen MR) is 140 cm³/mol. The number of carbonyl (C=O) groups excluding carboxylic acids is 2. The fourth-order valence-electron chi connectivity index (χ4n) is 3.81. The van der Waals surface area contributed by atoms with Crippen molar-refractivity contribution in [2.45, 2.75) is 26.2 Å². The van der Waals surface area contributed by atoms with Crippen LogP contribution in [0.4, 0.5) is 0 Å². The highest BCUT2D eigenvalue weighted by molar-refractivity contribution is 6.04. The van der Waals surface area contributed by atoms with Gasteiger partial charge in [0.15, 0.2) is 5.78 Å². The average molecular weight is 465 g/mol. The summed E-state index contributed by atoms with van der Waals surface area (Å²) in [6, 6.07) is 26.2. The van der Waals surface area contributed by atoms with E-state index in [0.29, 0.717) is 16.9 Å². The first kappa shape index (κ1) is 24.0. The van der Waals surface area contributed by atoms with Crippen LogP contribution in [0.15, 0.2) is 97.6 Å². The summed E-state index contributed by atoms with van der Waals surface area (Å²) >= 11 is 0. The lowest BCUT2D eigenvalue weighted by Gasteiger charge is -2.09. The number of rotatable bonds is 10. The number of fused-ring (bicyclic) bond motifs is 1. The molecule has 0 amide bonds. The molecule has 0 aliphatic heterocycles. The largest absolute Gasteiger partial charge is 0.494 e. The molecule has 176 valence electrons. The first-order valence-corrected chi connectivity index (χ1v) is 11.8. The van der Waals surface area contributed by atoms with Gasteiger partial charge < -0.3 is 9.47 Å². The van der Waals surface area contributed by atoms with Crippen molar-refractivity contribution >= 4 is 22.5 Å². The molecule has 0 spiro atoms. The van der Waals surface area contributed by atoms with Gasteiger partial charge in [-0.05, 0) is 89.0 Å². The molecule has 0 fully saturated rings. The summed E-state index contributed by atoms with van der Waals surface area (Å²) < 4.78 is 11.3. The molecular formula is C31H28O4. The van der Waals surface area contributed by atoms with Crippen molar-refractivity contribution in [1.82, 2.24) is 0 Å². The quantitative estimate of drug-likeness (QED) is 0.0794. The number of ketones is 1. The molecule has 4 rings (SSSR count). The van der Waals surface area contributed by atoms with Crippen LogP contribution in [0.3, 0.4) is 0 Å². The topological polar surface area (TPSA) is 52.6 Å². The monoisotopic (exact) mass is 464 g/mol. The van der Waals surface area contributed by atoms with E-state index >= 15 is 0 Å². The van der Waals surface area contributed by atoms with E-state index in [-0.39, 0.29) is 5.78 Å². The Morgan fingerprint density at radius 2 is 1.37 bits per heavy atom. The lowest BCUT2D eigenvalue weighted by atomic mass is 10.00. The van der Waals surface area contributed by atoms with Gasteiger partial charge in [-0.25, -0.2) is 4.79 Å². The summed E-state index contributed by atoms with van der Waals surface area (Å²) in [5.74, 6) is 0.641. The Hall–Kier alpha value is -4.18. The van der Waals surface area contributed by atoms with Crippen molar-refractivity contribution in [2.75, 3.05) is 6.61 Å². The van der Waals surface area contributed by atoms with Crippen molar-refractivity contribution in [3.05, 3.63) is 109 Å². The number of allylic oxidation sites excluding steroid dienone is 1. The van der Waals surface area contributed by atoms with Gasteiger partial charge >= 0.3 is 5.97 Å². The molecule has 0 unspecified atom stereocenters. The number of benzene rings is 4. The third kappa shape index (κ3) is 6.04. The maximum atomic E-state index is 12.5. The number of unbranched alkanes of at least 4 members (excludes halogenated alkanes) is 2. The van der Waals surface area contributed by atoms with Crippen molar-refractivity contribution in [3.8, 4) is 22.6 Å². The highest BCUT2D eigenvalue weighted by atomic mass is 16.5. The normalized spacial score (nSPS) is 10.7. The second kappa shape index (κ2) is 11.3. The molecule has 0 atom stereocenters. The molecule has 4 heteroatoms. The maximum absolute atomic E-state index is 12.5. The van der Waals surface area contributed by atoms with E-state index in [9.17, 15) is 9.59 Å². The van der Waals surface area contributed by atoms with Gasteiger partial charge in [0.1, 0.15) is 11.5 Å². The Kier molecular flexibility index (Phi) is 7.74. The molecule has 0 aliphatic carbocycles. The molecular weight excluding hydrogens is 436 g/mol. The first-order valence-electron chi connectivity index (χ1n) is 11.8. The highest BCUT2D eigenvalue weighted by Gasteiger charge is 2.10. The zero-order valence-electron chi connectivity index (χ0n) is 19.8. The van der Waals surface area contributed by atoms with Crippen molar-refractivity contribution in [2.24, 2.45) is 0 Å². The van der Waals surface area contributed by atoms with Gasteiger partial charge in [0.25, 0.3) is 0 Å². The lowest BCUT2D eigenvalue weighted by molar-refractivity contribution is 0.0734. The van der Waals surface area contributed by atoms with Gasteiger partial charge in [0, 0.05) is 5.56 Å². The van der Waals surface area contributed by atoms with E-state index in [4.69, 9.17) is 9.47 Å². The van der Waals surface area contributed by atoms with Gasteiger partial charge in [-0.2, -0.15) is 0 Å². The number of hydrogen-bond donors (Lipinski definition) is 0. The molecule has 0 N–H and O–H groups in total. The fraction of sp³-hybridized carbons (Fsp3) is 0.161. The zero-order chi connectivity index (χ0) is 24.6. The van der Waals surface area contributed by atoms with Crippen LogP contribution in [0.5, 0.6) is 11.5 Å². The van der Waals surface area contributed by atoms with E-state index < -0.39 is 5.97 Å². The van der Waals surface area contributed by atoms with Crippen LogP contribution in [-0.4, -0.2) is 18.4 Å². The summed E-state index contributed by atoms with van der Waals surface area (Å²) in [6.45, 7) is 6.40. The molecule has 4 aromatic carbocycles. The van der Waals surface area contributed by atoms with Crippen LogP contribution in [0.1, 0.15) is 46.9 Å². The second-order valence-electron chi connectivity index (χ2n) is 8.34. The van der Waals surface area contributed by atoms with E-state index in [1.165, 1.54) is 18.9 Å². The summed E-state index contributed by atoms with van der Waals surface area (Å²) in [6.07, 6.45) is 4.68. The van der Waals surface area contributed by atoms with Crippen molar-refractivity contribution in [1.29, 1.82) is 0 Å². The lowest BCUT2D eigenvalue weighted by Crippen LogP contribution is -2.08. The van der Waals surface area contributed by atoms with Gasteiger partial charge in [0.05, 0.1) is 12.2 Å². The Morgan fingerprint density at radius 1 is 0.743 bits per heavy atom. The Labute approximate surface area is 205 Å². The Balaban J connectivity index is 1.42. The molecule has 0 saturated heterocycles. The fourth-order valence-corrected chi connectivity index (χ4v) is 3.81. The predicted octanol–water partition coefficient (Wildman–Crippen LogP) is 7.66. The van der Waals surface area contributed by atoms with Gasteiger partial charge in [-0.3, -0.25) is 4.79 Å². The van der Waals surface area contributed by atoms with Gasteiger partial charge in [-0.15, -0.1) is 0 Å². The summed E-state index contributed by atoms with van der Waals surface area (Å²) in [7, 11) is 0. The number of hydrogen-bond acceptors (Lipinski definition) is 4. The molecule has 35 heavy (non-hydrogen) atoms. The number of esters is 1. The highest BCUT2D eigenvalue weighted by Crippen LogP contribution is 2.28. The van der Waals surface area contributed by atoms with Crippen molar-refractivity contribution in [3.63, 3.8) is 0 Å². The van der Waals surface area contributed by atoms with E-state index in [1.807, 2.05) is 18.2 Å². The van der Waals surface area contributed by atoms with E-state index in [1.54, 1.807) is 36.4 Å². The minimum Gasteiger partial charge on any atom is -0.494 e. The van der Waals surface area contributed by atoms with Gasteiger partial charge in [-0.1, -0.05) is 56.7 Å². The van der Waals surface area contributed by atoms with Crippen LogP contribution in [-0.2, 0) is 0 Å². The molecule has 4 nitrogen and oxygen atoms in total. The molecule has 4 aromatic rings. The third-order valence-electron chi connectivity index (χ3n) is 5.82.